The van der Waals surface area contributed by atoms with Crippen molar-refractivity contribution in [3.8, 4) is 5.69 Å². The standard InChI is InChI=1S/C23H19ClFN5O4S2/c24-20-7-8-21(35-20)36(33,34)29-23(32)28-15-4-6-19(17(25)9-15)30-12-27-18-10-14(26-11-13-1-2-13)3-5-16(18)22(30)31/h3-10,12-13,26H,1-2,11H2,(H2,28,29,32). The minimum Gasteiger partial charge on any atom is -0.385 e. The Labute approximate surface area is 214 Å². The van der Waals surface area contributed by atoms with E-state index in [0.717, 1.165) is 34.2 Å². The highest BCUT2D eigenvalue weighted by molar-refractivity contribution is 7.92. The van der Waals surface area contributed by atoms with Crippen LogP contribution < -0.4 is 20.9 Å². The number of amides is 2. The molecule has 0 unspecified atom stereocenters. The monoisotopic (exact) mass is 547 g/mol. The molecule has 1 fully saturated rings. The van der Waals surface area contributed by atoms with Crippen LogP contribution in [0.3, 0.4) is 0 Å². The number of rotatable bonds is 7. The Morgan fingerprint density at radius 1 is 1.14 bits per heavy atom. The van der Waals surface area contributed by atoms with E-state index in [1.54, 1.807) is 18.2 Å². The highest BCUT2D eigenvalue weighted by Gasteiger charge is 2.21. The Kier molecular flexibility index (Phi) is 6.41. The van der Waals surface area contributed by atoms with Crippen molar-refractivity contribution in [2.24, 2.45) is 5.92 Å². The summed E-state index contributed by atoms with van der Waals surface area (Å²) in [4.78, 5) is 29.5. The van der Waals surface area contributed by atoms with Gasteiger partial charge in [0.05, 0.1) is 20.9 Å². The number of nitrogens with zero attached hydrogens (tertiary/aromatic N) is 2. The summed E-state index contributed by atoms with van der Waals surface area (Å²) in [5.41, 5.74) is 0.814. The van der Waals surface area contributed by atoms with Gasteiger partial charge in [0.15, 0.2) is 0 Å². The van der Waals surface area contributed by atoms with Gasteiger partial charge in [-0.15, -0.1) is 11.3 Å². The highest BCUT2D eigenvalue weighted by Crippen LogP contribution is 2.29. The van der Waals surface area contributed by atoms with E-state index in [1.807, 2.05) is 4.72 Å². The van der Waals surface area contributed by atoms with Gasteiger partial charge in [-0.3, -0.25) is 9.36 Å². The van der Waals surface area contributed by atoms with Crippen molar-refractivity contribution < 1.29 is 17.6 Å². The zero-order valence-corrected chi connectivity index (χ0v) is 20.9. The maximum Gasteiger partial charge on any atom is 0.333 e. The summed E-state index contributed by atoms with van der Waals surface area (Å²) in [6.45, 7) is 0.876. The van der Waals surface area contributed by atoms with E-state index in [-0.39, 0.29) is 19.9 Å². The van der Waals surface area contributed by atoms with Gasteiger partial charge in [-0.1, -0.05) is 11.6 Å². The first kappa shape index (κ1) is 24.2. The number of benzene rings is 2. The average molecular weight is 548 g/mol. The summed E-state index contributed by atoms with van der Waals surface area (Å²) < 4.78 is 42.4. The van der Waals surface area contributed by atoms with Crippen molar-refractivity contribution in [3.05, 3.63) is 75.4 Å². The van der Waals surface area contributed by atoms with Gasteiger partial charge in [-0.05, 0) is 67.3 Å². The first-order valence-corrected chi connectivity index (χ1v) is 13.5. The Morgan fingerprint density at radius 3 is 2.61 bits per heavy atom. The number of anilines is 2. The number of aromatic nitrogens is 2. The number of hydrogen-bond donors (Lipinski definition) is 3. The Balaban J connectivity index is 1.33. The number of carbonyl (C=O) groups excluding carboxylic acids is 1. The minimum absolute atomic E-state index is 0.0126. The molecule has 2 amide bonds. The number of fused-ring (bicyclic) bond motifs is 1. The fourth-order valence-electron chi connectivity index (χ4n) is 3.54. The molecular formula is C23H19ClFN5O4S2. The molecule has 0 bridgehead atoms. The number of urea groups is 1. The molecule has 2 heterocycles. The lowest BCUT2D eigenvalue weighted by Crippen LogP contribution is -2.34. The van der Waals surface area contributed by atoms with Crippen LogP contribution in [-0.2, 0) is 10.0 Å². The van der Waals surface area contributed by atoms with Gasteiger partial charge in [0, 0.05) is 17.9 Å². The topological polar surface area (TPSA) is 122 Å². The second-order valence-electron chi connectivity index (χ2n) is 8.26. The number of carbonyl (C=O) groups is 1. The molecule has 13 heteroatoms. The largest absolute Gasteiger partial charge is 0.385 e. The van der Waals surface area contributed by atoms with E-state index in [1.165, 1.54) is 43.4 Å². The summed E-state index contributed by atoms with van der Waals surface area (Å²) in [6, 6.07) is 10.4. The fourth-order valence-corrected chi connectivity index (χ4v) is 5.93. The van der Waals surface area contributed by atoms with Gasteiger partial charge in [-0.2, -0.15) is 0 Å². The third-order valence-corrected chi connectivity index (χ3v) is 8.61. The van der Waals surface area contributed by atoms with Crippen LogP contribution in [0.5, 0.6) is 0 Å². The third kappa shape index (κ3) is 5.20. The molecule has 0 aliphatic heterocycles. The maximum atomic E-state index is 14.9. The predicted molar refractivity (Wildman–Crippen MR) is 137 cm³/mol. The van der Waals surface area contributed by atoms with Crippen LogP contribution in [0.4, 0.5) is 20.6 Å². The Bertz CT molecular complexity index is 1650. The SMILES string of the molecule is O=C(Nc1ccc(-n2cnc3cc(NCC4CC4)ccc3c2=O)c(F)c1)NS(=O)(=O)c1ccc(Cl)s1. The number of halogens is 2. The molecule has 9 nitrogen and oxygen atoms in total. The van der Waals surface area contributed by atoms with E-state index < -0.39 is 27.4 Å². The van der Waals surface area contributed by atoms with Crippen LogP contribution in [0.1, 0.15) is 12.8 Å². The molecular weight excluding hydrogens is 529 g/mol. The van der Waals surface area contributed by atoms with Gasteiger partial charge in [0.25, 0.3) is 15.6 Å². The lowest BCUT2D eigenvalue weighted by Gasteiger charge is -2.11. The molecule has 2 aromatic carbocycles. The van der Waals surface area contributed by atoms with Crippen molar-refractivity contribution in [3.63, 3.8) is 0 Å². The van der Waals surface area contributed by atoms with Crippen LogP contribution in [0, 0.1) is 11.7 Å². The fraction of sp³-hybridized carbons (Fsp3) is 0.174. The molecule has 3 N–H and O–H groups in total. The van der Waals surface area contributed by atoms with Crippen molar-refractivity contribution in [2.45, 2.75) is 17.1 Å². The zero-order chi connectivity index (χ0) is 25.4. The maximum absolute atomic E-state index is 14.9. The molecule has 0 saturated heterocycles. The molecule has 5 rings (SSSR count). The summed E-state index contributed by atoms with van der Waals surface area (Å²) in [5, 5.41) is 5.92. The smallest absolute Gasteiger partial charge is 0.333 e. The quantitative estimate of drug-likeness (QED) is 0.311. The predicted octanol–water partition coefficient (Wildman–Crippen LogP) is 4.57. The van der Waals surface area contributed by atoms with Gasteiger partial charge in [-0.25, -0.2) is 27.3 Å². The van der Waals surface area contributed by atoms with E-state index in [2.05, 4.69) is 15.6 Å². The van der Waals surface area contributed by atoms with Crippen molar-refractivity contribution >= 4 is 61.3 Å². The van der Waals surface area contributed by atoms with Crippen molar-refractivity contribution in [1.29, 1.82) is 0 Å². The summed E-state index contributed by atoms with van der Waals surface area (Å²) in [5.74, 6) is -0.121. The van der Waals surface area contributed by atoms with Crippen LogP contribution in [-0.4, -0.2) is 30.5 Å². The van der Waals surface area contributed by atoms with Crippen molar-refractivity contribution in [2.75, 3.05) is 17.2 Å². The Hall–Kier alpha value is -3.48. The molecule has 1 aliphatic carbocycles. The normalized spacial score (nSPS) is 13.5. The first-order chi connectivity index (χ1) is 17.2. The molecule has 36 heavy (non-hydrogen) atoms. The molecule has 0 radical (unpaired) electrons. The van der Waals surface area contributed by atoms with Crippen LogP contribution >= 0.6 is 22.9 Å². The summed E-state index contributed by atoms with van der Waals surface area (Å²) in [7, 11) is -4.13. The summed E-state index contributed by atoms with van der Waals surface area (Å²) in [6.07, 6.45) is 3.68. The van der Waals surface area contributed by atoms with E-state index in [0.29, 0.717) is 16.8 Å². The zero-order valence-electron chi connectivity index (χ0n) is 18.5. The second-order valence-corrected chi connectivity index (χ2v) is 11.9. The molecule has 0 atom stereocenters. The molecule has 4 aromatic rings. The van der Waals surface area contributed by atoms with Crippen LogP contribution in [0.25, 0.3) is 16.6 Å². The molecule has 1 aliphatic rings. The van der Waals surface area contributed by atoms with Gasteiger partial charge < -0.3 is 10.6 Å². The van der Waals surface area contributed by atoms with Gasteiger partial charge >= 0.3 is 6.03 Å². The third-order valence-electron chi connectivity index (χ3n) is 5.56. The minimum atomic E-state index is -4.13. The molecule has 186 valence electrons. The lowest BCUT2D eigenvalue weighted by atomic mass is 10.2. The lowest BCUT2D eigenvalue weighted by molar-refractivity contribution is 0.256. The van der Waals surface area contributed by atoms with Crippen LogP contribution in [0.2, 0.25) is 4.34 Å². The van der Waals surface area contributed by atoms with E-state index in [4.69, 9.17) is 11.6 Å². The summed E-state index contributed by atoms with van der Waals surface area (Å²) >= 11 is 6.53. The van der Waals surface area contributed by atoms with E-state index >= 15 is 0 Å². The van der Waals surface area contributed by atoms with E-state index in [9.17, 15) is 22.4 Å². The average Bonchev–Trinajstić information content (AvgIpc) is 3.55. The number of thiophene rings is 1. The first-order valence-electron chi connectivity index (χ1n) is 10.8. The number of nitrogens with one attached hydrogen (secondary N) is 3. The van der Waals surface area contributed by atoms with Gasteiger partial charge in [0.2, 0.25) is 0 Å². The molecule has 0 spiro atoms. The molecule has 2 aromatic heterocycles. The van der Waals surface area contributed by atoms with Crippen molar-refractivity contribution in [1.82, 2.24) is 14.3 Å². The van der Waals surface area contributed by atoms with Crippen LogP contribution in [0.15, 0.2) is 63.9 Å². The van der Waals surface area contributed by atoms with Gasteiger partial charge in [0.1, 0.15) is 16.4 Å². The second kappa shape index (κ2) is 9.52. The Morgan fingerprint density at radius 2 is 1.92 bits per heavy atom. The number of sulfonamides is 1. The highest BCUT2D eigenvalue weighted by atomic mass is 35.5. The number of hydrogen-bond acceptors (Lipinski definition) is 7. The molecule has 1 saturated carbocycles.